The van der Waals surface area contributed by atoms with Crippen molar-refractivity contribution in [2.75, 3.05) is 5.32 Å². The van der Waals surface area contributed by atoms with Gasteiger partial charge in [-0.25, -0.2) is 4.98 Å². The summed E-state index contributed by atoms with van der Waals surface area (Å²) in [5.41, 5.74) is 1.47. The molecule has 0 bridgehead atoms. The Labute approximate surface area is 190 Å². The number of H-pyrrole nitrogens is 1. The van der Waals surface area contributed by atoms with Crippen LogP contribution in [-0.4, -0.2) is 30.8 Å². The second-order valence-corrected chi connectivity index (χ2v) is 8.07. The number of aromatic nitrogens is 5. The molecule has 0 unspecified atom stereocenters. The van der Waals surface area contributed by atoms with Gasteiger partial charge in [0, 0.05) is 23.4 Å². The Morgan fingerprint density at radius 2 is 2.12 bits per heavy atom. The van der Waals surface area contributed by atoms with Gasteiger partial charge in [0.25, 0.3) is 11.5 Å². The van der Waals surface area contributed by atoms with Gasteiger partial charge in [-0.05, 0) is 36.9 Å². The molecule has 0 atom stereocenters. The standard InChI is InChI=1S/C22H18N6O4S/c1-3-13-12(2)23-22(25-20(13)29)28-19(11-14(26-28)16-6-4-8-31-16)24-21(30)15-10-17(32-27-15)18-7-5-9-33-18/h4-11H,3H2,1-2H3,(H,24,30)(H,23,25,29). The van der Waals surface area contributed by atoms with Gasteiger partial charge < -0.3 is 14.3 Å². The molecule has 2 N–H and O–H groups in total. The van der Waals surface area contributed by atoms with Gasteiger partial charge in [-0.15, -0.1) is 11.3 Å². The lowest BCUT2D eigenvalue weighted by Crippen LogP contribution is -2.22. The largest absolute Gasteiger partial charge is 0.463 e. The van der Waals surface area contributed by atoms with E-state index in [1.165, 1.54) is 22.3 Å². The van der Waals surface area contributed by atoms with Crippen LogP contribution in [0.5, 0.6) is 0 Å². The molecular weight excluding hydrogens is 444 g/mol. The van der Waals surface area contributed by atoms with E-state index in [1.807, 2.05) is 24.4 Å². The molecule has 0 radical (unpaired) electrons. The summed E-state index contributed by atoms with van der Waals surface area (Å²) in [6.07, 6.45) is 2.07. The number of rotatable bonds is 6. The maximum absolute atomic E-state index is 12.9. The number of hydrogen-bond donors (Lipinski definition) is 2. The molecule has 0 saturated heterocycles. The molecule has 0 aliphatic rings. The van der Waals surface area contributed by atoms with Gasteiger partial charge in [-0.1, -0.05) is 18.1 Å². The summed E-state index contributed by atoms with van der Waals surface area (Å²) in [6, 6.07) is 10.4. The predicted octanol–water partition coefficient (Wildman–Crippen LogP) is 4.06. The van der Waals surface area contributed by atoms with E-state index in [9.17, 15) is 9.59 Å². The maximum atomic E-state index is 12.9. The zero-order valence-corrected chi connectivity index (χ0v) is 18.5. The monoisotopic (exact) mass is 462 g/mol. The summed E-state index contributed by atoms with van der Waals surface area (Å²) >= 11 is 1.48. The van der Waals surface area contributed by atoms with Gasteiger partial charge in [-0.3, -0.25) is 14.6 Å². The quantitative estimate of drug-likeness (QED) is 0.389. The highest BCUT2D eigenvalue weighted by molar-refractivity contribution is 7.13. The van der Waals surface area contributed by atoms with E-state index in [2.05, 4.69) is 25.5 Å². The Bertz CT molecular complexity index is 1480. The Hall–Kier alpha value is -4.25. The third-order valence-corrected chi connectivity index (χ3v) is 5.88. The second-order valence-electron chi connectivity index (χ2n) is 7.12. The number of nitrogens with zero attached hydrogens (tertiary/aromatic N) is 4. The molecule has 5 aromatic heterocycles. The molecule has 0 aliphatic heterocycles. The van der Waals surface area contributed by atoms with Crippen molar-refractivity contribution in [1.82, 2.24) is 24.9 Å². The van der Waals surface area contributed by atoms with Gasteiger partial charge in [0.2, 0.25) is 5.95 Å². The average Bonchev–Trinajstić information content (AvgIpc) is 3.60. The first-order valence-corrected chi connectivity index (χ1v) is 11.0. The normalized spacial score (nSPS) is 11.1. The fourth-order valence-electron chi connectivity index (χ4n) is 3.39. The number of aryl methyl sites for hydroxylation is 1. The zero-order chi connectivity index (χ0) is 22.9. The molecule has 0 spiro atoms. The van der Waals surface area contributed by atoms with Crippen LogP contribution in [0.1, 0.15) is 28.7 Å². The average molecular weight is 462 g/mol. The van der Waals surface area contributed by atoms with E-state index >= 15 is 0 Å². The van der Waals surface area contributed by atoms with Crippen molar-refractivity contribution in [3.63, 3.8) is 0 Å². The molecule has 5 heterocycles. The van der Waals surface area contributed by atoms with E-state index in [-0.39, 0.29) is 23.0 Å². The molecule has 33 heavy (non-hydrogen) atoms. The van der Waals surface area contributed by atoms with Gasteiger partial charge in [0.1, 0.15) is 11.5 Å². The van der Waals surface area contributed by atoms with Crippen molar-refractivity contribution < 1.29 is 13.7 Å². The summed E-state index contributed by atoms with van der Waals surface area (Å²) in [7, 11) is 0. The van der Waals surface area contributed by atoms with Gasteiger partial charge >= 0.3 is 0 Å². The second kappa shape index (κ2) is 8.36. The summed E-state index contributed by atoms with van der Waals surface area (Å²) in [5.74, 6) is 0.936. The van der Waals surface area contributed by atoms with Crippen LogP contribution in [0, 0.1) is 6.92 Å². The summed E-state index contributed by atoms with van der Waals surface area (Å²) < 4.78 is 12.1. The number of thiophene rings is 1. The first-order valence-electron chi connectivity index (χ1n) is 10.1. The number of carbonyl (C=O) groups excluding carboxylic acids is 1. The van der Waals surface area contributed by atoms with Crippen molar-refractivity contribution in [1.29, 1.82) is 0 Å². The molecule has 5 rings (SSSR count). The minimum absolute atomic E-state index is 0.102. The lowest BCUT2D eigenvalue weighted by molar-refractivity contribution is 0.101. The highest BCUT2D eigenvalue weighted by Gasteiger charge is 2.21. The van der Waals surface area contributed by atoms with E-state index in [0.717, 1.165) is 4.88 Å². The van der Waals surface area contributed by atoms with Crippen molar-refractivity contribution in [3.05, 3.63) is 75.3 Å². The third-order valence-electron chi connectivity index (χ3n) is 5.00. The van der Waals surface area contributed by atoms with Gasteiger partial charge in [0.05, 0.1) is 11.1 Å². The van der Waals surface area contributed by atoms with Crippen LogP contribution >= 0.6 is 11.3 Å². The van der Waals surface area contributed by atoms with Crippen molar-refractivity contribution in [2.24, 2.45) is 0 Å². The van der Waals surface area contributed by atoms with Gasteiger partial charge in [-0.2, -0.15) is 9.78 Å². The molecule has 11 heteroatoms. The number of aromatic amines is 1. The van der Waals surface area contributed by atoms with Gasteiger partial charge in [0.15, 0.2) is 17.2 Å². The van der Waals surface area contributed by atoms with E-state index < -0.39 is 5.91 Å². The molecule has 0 aliphatic carbocycles. The Balaban J connectivity index is 1.53. The Kier molecular flexibility index (Phi) is 5.23. The molecule has 10 nitrogen and oxygen atoms in total. The van der Waals surface area contributed by atoms with Crippen molar-refractivity contribution in [3.8, 4) is 28.0 Å². The van der Waals surface area contributed by atoms with Crippen LogP contribution in [0.3, 0.4) is 0 Å². The Morgan fingerprint density at radius 3 is 2.82 bits per heavy atom. The SMILES string of the molecule is CCc1c(C)nc(-n2nc(-c3ccco3)cc2NC(=O)c2cc(-c3cccs3)on2)[nH]c1=O. The molecule has 5 aromatic rings. The summed E-state index contributed by atoms with van der Waals surface area (Å²) in [6.45, 7) is 3.64. The zero-order valence-electron chi connectivity index (χ0n) is 17.7. The summed E-state index contributed by atoms with van der Waals surface area (Å²) in [5, 5.41) is 13.0. The number of hydrogen-bond acceptors (Lipinski definition) is 8. The third kappa shape index (κ3) is 3.89. The first-order chi connectivity index (χ1) is 16.0. The molecule has 0 aromatic carbocycles. The smallest absolute Gasteiger partial charge is 0.279 e. The number of furan rings is 1. The van der Waals surface area contributed by atoms with Crippen LogP contribution in [0.15, 0.2) is 61.8 Å². The van der Waals surface area contributed by atoms with Crippen LogP contribution in [0.25, 0.3) is 28.0 Å². The highest BCUT2D eigenvalue weighted by atomic mass is 32.1. The number of nitrogens with one attached hydrogen (secondary N) is 2. The first kappa shape index (κ1) is 20.6. The molecule has 166 valence electrons. The maximum Gasteiger partial charge on any atom is 0.279 e. The molecule has 1 amide bonds. The predicted molar refractivity (Wildman–Crippen MR) is 122 cm³/mol. The summed E-state index contributed by atoms with van der Waals surface area (Å²) in [4.78, 5) is 33.5. The minimum atomic E-state index is -0.502. The van der Waals surface area contributed by atoms with Crippen molar-refractivity contribution >= 4 is 23.1 Å². The lowest BCUT2D eigenvalue weighted by atomic mass is 10.2. The Morgan fingerprint density at radius 1 is 1.24 bits per heavy atom. The molecular formula is C22H18N6O4S. The lowest BCUT2D eigenvalue weighted by Gasteiger charge is -2.09. The van der Waals surface area contributed by atoms with Crippen molar-refractivity contribution in [2.45, 2.75) is 20.3 Å². The number of carbonyl (C=O) groups is 1. The minimum Gasteiger partial charge on any atom is -0.463 e. The molecule has 0 saturated carbocycles. The number of anilines is 1. The van der Waals surface area contributed by atoms with Crippen LogP contribution in [0.4, 0.5) is 5.82 Å². The number of amides is 1. The van der Waals surface area contributed by atoms with Crippen LogP contribution in [-0.2, 0) is 6.42 Å². The van der Waals surface area contributed by atoms with E-state index in [1.54, 1.807) is 31.2 Å². The van der Waals surface area contributed by atoms with E-state index in [0.29, 0.717) is 34.9 Å². The highest BCUT2D eigenvalue weighted by Crippen LogP contribution is 2.27. The van der Waals surface area contributed by atoms with Crippen LogP contribution in [0.2, 0.25) is 0 Å². The topological polar surface area (TPSA) is 132 Å². The fraction of sp³-hybridized carbons (Fsp3) is 0.136. The fourth-order valence-corrected chi connectivity index (χ4v) is 4.06. The van der Waals surface area contributed by atoms with E-state index in [4.69, 9.17) is 8.94 Å². The molecule has 0 fully saturated rings. The van der Waals surface area contributed by atoms with Crippen LogP contribution < -0.4 is 10.9 Å².